The van der Waals surface area contributed by atoms with Gasteiger partial charge in [-0.1, -0.05) is 18.2 Å². The molecule has 1 aliphatic rings. The Morgan fingerprint density at radius 2 is 2.22 bits per heavy atom. The molecule has 2 aromatic rings. The van der Waals surface area contributed by atoms with Gasteiger partial charge in [-0.05, 0) is 38.6 Å². The highest BCUT2D eigenvalue weighted by Gasteiger charge is 2.30. The molecule has 1 atom stereocenters. The summed E-state index contributed by atoms with van der Waals surface area (Å²) in [6, 6.07) is 8.56. The average Bonchev–Trinajstić information content (AvgIpc) is 3.05. The molecule has 3 rings (SSSR count). The van der Waals surface area contributed by atoms with Gasteiger partial charge in [0, 0.05) is 42.7 Å². The second-order valence-electron chi connectivity index (χ2n) is 6.27. The van der Waals surface area contributed by atoms with Crippen molar-refractivity contribution in [3.05, 3.63) is 46.4 Å². The van der Waals surface area contributed by atoms with Crippen molar-refractivity contribution < 1.29 is 4.79 Å². The Kier molecular flexibility index (Phi) is 5.08. The maximum atomic E-state index is 12.9. The average molecular weight is 329 g/mol. The second-order valence-corrected chi connectivity index (χ2v) is 7.25. The lowest BCUT2D eigenvalue weighted by atomic mass is 9.95. The Morgan fingerprint density at radius 1 is 1.39 bits per heavy atom. The molecule has 0 unspecified atom stereocenters. The standard InChI is InChI=1S/C18H23N3OS/c1-20(2)13-15-8-7-14-5-3-4-6-16(14)21(15)18(22)10-9-17-19-11-12-23-17/h3-6,11-12,15H,7-10,13H2,1-2H3/t15-/m0/s1. The van der Waals surface area contributed by atoms with Crippen molar-refractivity contribution in [1.29, 1.82) is 0 Å². The molecular formula is C18H23N3OS. The van der Waals surface area contributed by atoms with E-state index in [9.17, 15) is 4.79 Å². The number of likely N-dealkylation sites (N-methyl/N-ethyl adjacent to an activating group) is 1. The highest BCUT2D eigenvalue weighted by molar-refractivity contribution is 7.09. The van der Waals surface area contributed by atoms with Crippen LogP contribution in [0.3, 0.4) is 0 Å². The van der Waals surface area contributed by atoms with Crippen molar-refractivity contribution in [1.82, 2.24) is 9.88 Å². The molecule has 0 saturated heterocycles. The number of hydrogen-bond acceptors (Lipinski definition) is 4. The van der Waals surface area contributed by atoms with E-state index < -0.39 is 0 Å². The van der Waals surface area contributed by atoms with Crippen LogP contribution in [0.1, 0.15) is 23.4 Å². The number of aryl methyl sites for hydroxylation is 2. The van der Waals surface area contributed by atoms with Gasteiger partial charge < -0.3 is 9.80 Å². The number of amides is 1. The minimum absolute atomic E-state index is 0.208. The number of fused-ring (bicyclic) bond motifs is 1. The van der Waals surface area contributed by atoms with Crippen LogP contribution in [0.2, 0.25) is 0 Å². The first-order valence-corrected chi connectivity index (χ1v) is 8.96. The van der Waals surface area contributed by atoms with Crippen LogP contribution in [0.25, 0.3) is 0 Å². The van der Waals surface area contributed by atoms with E-state index >= 15 is 0 Å². The smallest absolute Gasteiger partial charge is 0.227 e. The molecule has 2 heterocycles. The fraction of sp³-hybridized carbons (Fsp3) is 0.444. The van der Waals surface area contributed by atoms with Crippen LogP contribution in [0.5, 0.6) is 0 Å². The largest absolute Gasteiger partial charge is 0.308 e. The quantitative estimate of drug-likeness (QED) is 0.846. The molecule has 0 saturated carbocycles. The number of hydrogen-bond donors (Lipinski definition) is 0. The number of para-hydroxylation sites is 1. The van der Waals surface area contributed by atoms with Crippen LogP contribution in [-0.2, 0) is 17.6 Å². The van der Waals surface area contributed by atoms with Gasteiger partial charge in [-0.2, -0.15) is 0 Å². The van der Waals surface area contributed by atoms with Crippen LogP contribution in [0.4, 0.5) is 5.69 Å². The molecule has 23 heavy (non-hydrogen) atoms. The zero-order chi connectivity index (χ0) is 16.2. The van der Waals surface area contributed by atoms with E-state index in [0.717, 1.165) is 36.5 Å². The maximum absolute atomic E-state index is 12.9. The molecule has 0 bridgehead atoms. The van der Waals surface area contributed by atoms with Gasteiger partial charge in [0.25, 0.3) is 0 Å². The lowest BCUT2D eigenvalue weighted by Crippen LogP contribution is -2.48. The fourth-order valence-electron chi connectivity index (χ4n) is 3.25. The zero-order valence-electron chi connectivity index (χ0n) is 13.7. The Morgan fingerprint density at radius 3 is 2.96 bits per heavy atom. The summed E-state index contributed by atoms with van der Waals surface area (Å²) in [5, 5.41) is 3.00. The first-order valence-electron chi connectivity index (χ1n) is 8.08. The molecule has 4 nitrogen and oxygen atoms in total. The predicted octanol–water partition coefficient (Wildman–Crippen LogP) is 2.99. The van der Waals surface area contributed by atoms with E-state index in [-0.39, 0.29) is 11.9 Å². The van der Waals surface area contributed by atoms with Crippen molar-refractivity contribution >= 4 is 22.9 Å². The molecule has 0 radical (unpaired) electrons. The fourth-order valence-corrected chi connectivity index (χ4v) is 3.87. The minimum atomic E-state index is 0.208. The van der Waals surface area contributed by atoms with Crippen LogP contribution in [0, 0.1) is 0 Å². The van der Waals surface area contributed by atoms with Gasteiger partial charge in [-0.15, -0.1) is 11.3 Å². The Balaban J connectivity index is 1.80. The van der Waals surface area contributed by atoms with Crippen molar-refractivity contribution in [2.24, 2.45) is 0 Å². The summed E-state index contributed by atoms with van der Waals surface area (Å²) in [7, 11) is 4.14. The van der Waals surface area contributed by atoms with Crippen LogP contribution in [0.15, 0.2) is 35.8 Å². The van der Waals surface area contributed by atoms with Gasteiger partial charge in [0.2, 0.25) is 5.91 Å². The Hall–Kier alpha value is -1.72. The molecule has 1 aromatic carbocycles. The van der Waals surface area contributed by atoms with Gasteiger partial charge in [0.05, 0.1) is 5.01 Å². The van der Waals surface area contributed by atoms with E-state index in [1.165, 1.54) is 5.56 Å². The zero-order valence-corrected chi connectivity index (χ0v) is 14.6. The van der Waals surface area contributed by atoms with Crippen molar-refractivity contribution in [2.45, 2.75) is 31.7 Å². The number of carbonyl (C=O) groups excluding carboxylic acids is 1. The minimum Gasteiger partial charge on any atom is -0.308 e. The lowest BCUT2D eigenvalue weighted by molar-refractivity contribution is -0.119. The predicted molar refractivity (Wildman–Crippen MR) is 95.0 cm³/mol. The molecule has 0 fully saturated rings. The molecule has 0 spiro atoms. The summed E-state index contributed by atoms with van der Waals surface area (Å²) in [4.78, 5) is 21.4. The SMILES string of the molecule is CN(C)C[C@@H]1CCc2ccccc2N1C(=O)CCc1nccs1. The topological polar surface area (TPSA) is 36.4 Å². The highest BCUT2D eigenvalue weighted by Crippen LogP contribution is 2.31. The molecule has 1 aliphatic heterocycles. The maximum Gasteiger partial charge on any atom is 0.227 e. The van der Waals surface area contributed by atoms with E-state index in [1.54, 1.807) is 17.5 Å². The first-order chi connectivity index (χ1) is 11.1. The summed E-state index contributed by atoms with van der Waals surface area (Å²) in [6.07, 6.45) is 5.12. The van der Waals surface area contributed by atoms with E-state index in [2.05, 4.69) is 42.2 Å². The van der Waals surface area contributed by atoms with Gasteiger partial charge >= 0.3 is 0 Å². The molecule has 1 amide bonds. The number of anilines is 1. The number of rotatable bonds is 5. The Labute approximate surface area is 141 Å². The van der Waals surface area contributed by atoms with E-state index in [0.29, 0.717) is 6.42 Å². The summed E-state index contributed by atoms with van der Waals surface area (Å²) < 4.78 is 0. The van der Waals surface area contributed by atoms with Crippen LogP contribution in [-0.4, -0.2) is 42.5 Å². The van der Waals surface area contributed by atoms with E-state index in [4.69, 9.17) is 0 Å². The summed E-state index contributed by atoms with van der Waals surface area (Å²) >= 11 is 1.62. The molecule has 5 heteroatoms. The summed E-state index contributed by atoms with van der Waals surface area (Å²) in [5.41, 5.74) is 2.37. The third-order valence-electron chi connectivity index (χ3n) is 4.24. The number of aromatic nitrogens is 1. The third kappa shape index (κ3) is 3.79. The van der Waals surface area contributed by atoms with Crippen molar-refractivity contribution in [3.8, 4) is 0 Å². The van der Waals surface area contributed by atoms with Gasteiger partial charge in [0.1, 0.15) is 0 Å². The normalized spacial score (nSPS) is 17.3. The van der Waals surface area contributed by atoms with Crippen LogP contribution < -0.4 is 4.90 Å². The number of benzene rings is 1. The molecule has 122 valence electrons. The van der Waals surface area contributed by atoms with Crippen LogP contribution >= 0.6 is 11.3 Å². The molecule has 0 N–H and O–H groups in total. The second kappa shape index (κ2) is 7.23. The summed E-state index contributed by atoms with van der Waals surface area (Å²) in [5.74, 6) is 0.208. The summed E-state index contributed by atoms with van der Waals surface area (Å²) in [6.45, 7) is 0.900. The number of carbonyl (C=O) groups is 1. The van der Waals surface area contributed by atoms with Gasteiger partial charge in [-0.25, -0.2) is 4.98 Å². The molecular weight excluding hydrogens is 306 g/mol. The number of thiazole rings is 1. The molecule has 0 aliphatic carbocycles. The van der Waals surface area contributed by atoms with Crippen molar-refractivity contribution in [3.63, 3.8) is 0 Å². The highest BCUT2D eigenvalue weighted by atomic mass is 32.1. The van der Waals surface area contributed by atoms with E-state index in [1.807, 2.05) is 16.3 Å². The van der Waals surface area contributed by atoms with Gasteiger partial charge in [-0.3, -0.25) is 4.79 Å². The Bertz CT molecular complexity index is 654. The lowest BCUT2D eigenvalue weighted by Gasteiger charge is -2.38. The van der Waals surface area contributed by atoms with Gasteiger partial charge in [0.15, 0.2) is 0 Å². The molecule has 1 aromatic heterocycles. The monoisotopic (exact) mass is 329 g/mol. The third-order valence-corrected chi connectivity index (χ3v) is 5.08. The number of nitrogens with zero attached hydrogens (tertiary/aromatic N) is 3. The van der Waals surface area contributed by atoms with Crippen molar-refractivity contribution in [2.75, 3.05) is 25.5 Å². The first kappa shape index (κ1) is 16.1.